The highest BCUT2D eigenvalue weighted by atomic mass is 16.3. The van der Waals surface area contributed by atoms with E-state index in [4.69, 9.17) is 4.42 Å². The Morgan fingerprint density at radius 2 is 2.00 bits per heavy atom. The summed E-state index contributed by atoms with van der Waals surface area (Å²) in [5.74, 6) is 0.869. The largest absolute Gasteiger partial charge is 0.447 e. The van der Waals surface area contributed by atoms with Gasteiger partial charge in [-0.3, -0.25) is 14.6 Å². The first-order chi connectivity index (χ1) is 13.0. The molecule has 0 aromatic carbocycles. The molecule has 154 valence electrons. The Bertz CT molecular complexity index is 555. The number of rotatable bonds is 11. The quantitative estimate of drug-likeness (QED) is 0.612. The number of carbonyl (C=O) groups is 1. The lowest BCUT2D eigenvalue weighted by Crippen LogP contribution is -2.48. The number of carbonyl (C=O) groups excluding carboxylic acids is 1. The highest BCUT2D eigenvalue weighted by Gasteiger charge is 2.21. The van der Waals surface area contributed by atoms with Gasteiger partial charge in [0, 0.05) is 39.3 Å². The van der Waals surface area contributed by atoms with E-state index in [0.29, 0.717) is 30.6 Å². The van der Waals surface area contributed by atoms with Crippen LogP contribution in [0.5, 0.6) is 0 Å². The van der Waals surface area contributed by atoms with Crippen LogP contribution in [0, 0.1) is 5.92 Å². The van der Waals surface area contributed by atoms with Gasteiger partial charge in [-0.1, -0.05) is 40.0 Å². The minimum absolute atomic E-state index is 0.170. The Labute approximate surface area is 163 Å². The van der Waals surface area contributed by atoms with Crippen molar-refractivity contribution in [3.05, 3.63) is 17.8 Å². The molecule has 27 heavy (non-hydrogen) atoms. The number of piperazine rings is 1. The van der Waals surface area contributed by atoms with E-state index in [1.54, 1.807) is 0 Å². The number of unbranched alkanes of at least 4 members (excludes halogenated alkanes) is 1. The van der Waals surface area contributed by atoms with E-state index in [1.165, 1.54) is 6.26 Å². The molecule has 2 N–H and O–H groups in total. The van der Waals surface area contributed by atoms with Gasteiger partial charge in [0.15, 0.2) is 5.69 Å². The summed E-state index contributed by atoms with van der Waals surface area (Å²) < 4.78 is 5.49. The SMILES string of the molecule is CCCC[C@H](O)CN1CCN(Cc2nc(C(=O)NC[C@@H](C)CC)co2)CC1. The molecule has 1 aromatic rings. The Kier molecular flexibility index (Phi) is 9.24. The Balaban J connectivity index is 1.71. The summed E-state index contributed by atoms with van der Waals surface area (Å²) in [7, 11) is 0. The molecular formula is C20H36N4O3. The van der Waals surface area contributed by atoms with E-state index in [1.807, 2.05) is 0 Å². The van der Waals surface area contributed by atoms with Crippen molar-refractivity contribution >= 4 is 5.91 Å². The number of hydrogen-bond acceptors (Lipinski definition) is 6. The van der Waals surface area contributed by atoms with Gasteiger partial charge in [-0.25, -0.2) is 4.98 Å². The number of nitrogens with one attached hydrogen (secondary N) is 1. The molecule has 0 saturated carbocycles. The highest BCUT2D eigenvalue weighted by Crippen LogP contribution is 2.11. The van der Waals surface area contributed by atoms with E-state index in [-0.39, 0.29) is 12.0 Å². The molecule has 0 aliphatic carbocycles. The third-order valence-electron chi connectivity index (χ3n) is 5.28. The minimum atomic E-state index is -0.222. The van der Waals surface area contributed by atoms with Gasteiger partial charge in [-0.05, 0) is 12.3 Å². The summed E-state index contributed by atoms with van der Waals surface area (Å²) in [6.07, 6.45) is 5.35. The molecule has 2 atom stereocenters. The summed E-state index contributed by atoms with van der Waals surface area (Å²) in [6, 6.07) is 0. The molecule has 1 aromatic heterocycles. The zero-order valence-corrected chi connectivity index (χ0v) is 17.1. The van der Waals surface area contributed by atoms with Gasteiger partial charge in [0.05, 0.1) is 12.6 Å². The monoisotopic (exact) mass is 380 g/mol. The fraction of sp³-hybridized carbons (Fsp3) is 0.800. The average molecular weight is 381 g/mol. The third-order valence-corrected chi connectivity index (χ3v) is 5.28. The number of aliphatic hydroxyl groups excluding tert-OH is 1. The normalized spacial score (nSPS) is 18.4. The number of β-amino-alcohol motifs (C(OH)–C–C–N with tert-alkyl or cyclic N) is 1. The van der Waals surface area contributed by atoms with Gasteiger partial charge in [0.2, 0.25) is 5.89 Å². The average Bonchev–Trinajstić information content (AvgIpc) is 3.14. The van der Waals surface area contributed by atoms with Crippen molar-refractivity contribution in [1.82, 2.24) is 20.1 Å². The first kappa shape index (κ1) is 21.9. The van der Waals surface area contributed by atoms with Crippen LogP contribution in [0.15, 0.2) is 10.7 Å². The van der Waals surface area contributed by atoms with Crippen molar-refractivity contribution in [1.29, 1.82) is 0 Å². The standard InChI is InChI=1S/C20H36N4O3/c1-4-6-7-17(25)13-23-8-10-24(11-9-23)14-19-22-18(15-27-19)20(26)21-12-16(3)5-2/h15-17,25H,4-14H2,1-3H3,(H,21,26)/t16-,17-/m0/s1. The summed E-state index contributed by atoms with van der Waals surface area (Å²) in [5.41, 5.74) is 0.353. The van der Waals surface area contributed by atoms with Gasteiger partial charge < -0.3 is 14.8 Å². The third kappa shape index (κ3) is 7.60. The summed E-state index contributed by atoms with van der Waals surface area (Å²) in [5, 5.41) is 13.0. The Morgan fingerprint density at radius 3 is 2.67 bits per heavy atom. The van der Waals surface area contributed by atoms with E-state index >= 15 is 0 Å². The Morgan fingerprint density at radius 1 is 1.30 bits per heavy atom. The van der Waals surface area contributed by atoms with Crippen LogP contribution >= 0.6 is 0 Å². The van der Waals surface area contributed by atoms with Gasteiger partial charge in [0.1, 0.15) is 6.26 Å². The summed E-state index contributed by atoms with van der Waals surface area (Å²) in [4.78, 5) is 21.0. The van der Waals surface area contributed by atoms with Crippen molar-refractivity contribution in [3.8, 4) is 0 Å². The topological polar surface area (TPSA) is 81.8 Å². The molecule has 7 nitrogen and oxygen atoms in total. The second kappa shape index (κ2) is 11.4. The minimum Gasteiger partial charge on any atom is -0.447 e. The van der Waals surface area contributed by atoms with Crippen molar-refractivity contribution in [2.75, 3.05) is 39.3 Å². The van der Waals surface area contributed by atoms with Crippen LogP contribution in [0.3, 0.4) is 0 Å². The van der Waals surface area contributed by atoms with Crippen LogP contribution in [0.4, 0.5) is 0 Å². The van der Waals surface area contributed by atoms with Crippen LogP contribution in [0.1, 0.15) is 62.8 Å². The summed E-state index contributed by atoms with van der Waals surface area (Å²) in [6.45, 7) is 12.1. The molecule has 2 rings (SSSR count). The molecule has 1 aliphatic rings. The molecule has 1 amide bonds. The number of aliphatic hydroxyl groups is 1. The maximum atomic E-state index is 12.1. The van der Waals surface area contributed by atoms with Gasteiger partial charge in [-0.2, -0.15) is 0 Å². The zero-order valence-electron chi connectivity index (χ0n) is 17.1. The number of nitrogens with zero attached hydrogens (tertiary/aromatic N) is 3. The lowest BCUT2D eigenvalue weighted by molar-refractivity contribution is 0.0627. The first-order valence-electron chi connectivity index (χ1n) is 10.4. The molecule has 0 unspecified atom stereocenters. The van der Waals surface area contributed by atoms with Crippen LogP contribution in [-0.2, 0) is 6.54 Å². The predicted octanol–water partition coefficient (Wildman–Crippen LogP) is 2.12. The Hall–Kier alpha value is -1.44. The molecule has 1 aliphatic heterocycles. The zero-order chi connectivity index (χ0) is 19.6. The molecule has 0 spiro atoms. The van der Waals surface area contributed by atoms with Gasteiger partial charge >= 0.3 is 0 Å². The molecule has 0 bridgehead atoms. The molecule has 2 heterocycles. The lowest BCUT2D eigenvalue weighted by Gasteiger charge is -2.35. The van der Waals surface area contributed by atoms with Crippen molar-refractivity contribution in [3.63, 3.8) is 0 Å². The highest BCUT2D eigenvalue weighted by molar-refractivity contribution is 5.91. The van der Waals surface area contributed by atoms with E-state index in [0.717, 1.165) is 58.4 Å². The fourth-order valence-electron chi connectivity index (χ4n) is 3.14. The molecule has 1 fully saturated rings. The lowest BCUT2D eigenvalue weighted by atomic mass is 10.1. The van der Waals surface area contributed by atoms with Crippen LogP contribution in [0.25, 0.3) is 0 Å². The van der Waals surface area contributed by atoms with Crippen LogP contribution in [-0.4, -0.2) is 71.2 Å². The maximum Gasteiger partial charge on any atom is 0.273 e. The first-order valence-corrected chi connectivity index (χ1v) is 10.4. The van der Waals surface area contributed by atoms with E-state index < -0.39 is 0 Å². The second-order valence-corrected chi connectivity index (χ2v) is 7.72. The molecular weight excluding hydrogens is 344 g/mol. The van der Waals surface area contributed by atoms with Gasteiger partial charge in [-0.15, -0.1) is 0 Å². The number of aromatic nitrogens is 1. The summed E-state index contributed by atoms with van der Waals surface area (Å²) >= 11 is 0. The number of hydrogen-bond donors (Lipinski definition) is 2. The maximum absolute atomic E-state index is 12.1. The van der Waals surface area contributed by atoms with Crippen molar-refractivity contribution in [2.24, 2.45) is 5.92 Å². The van der Waals surface area contributed by atoms with Crippen LogP contribution < -0.4 is 5.32 Å². The number of amides is 1. The van der Waals surface area contributed by atoms with E-state index in [2.05, 4.69) is 40.9 Å². The number of oxazole rings is 1. The molecule has 0 radical (unpaired) electrons. The van der Waals surface area contributed by atoms with Crippen molar-refractivity contribution in [2.45, 2.75) is 59.1 Å². The fourth-order valence-corrected chi connectivity index (χ4v) is 3.14. The molecule has 7 heteroatoms. The van der Waals surface area contributed by atoms with E-state index in [9.17, 15) is 9.90 Å². The molecule has 1 saturated heterocycles. The second-order valence-electron chi connectivity index (χ2n) is 7.72. The predicted molar refractivity (Wildman–Crippen MR) is 106 cm³/mol. The van der Waals surface area contributed by atoms with Crippen LogP contribution in [0.2, 0.25) is 0 Å². The smallest absolute Gasteiger partial charge is 0.273 e. The van der Waals surface area contributed by atoms with Crippen molar-refractivity contribution < 1.29 is 14.3 Å². The van der Waals surface area contributed by atoms with Gasteiger partial charge in [0.25, 0.3) is 5.91 Å².